The molecule has 1 aliphatic carbocycles. The van der Waals surface area contributed by atoms with Crippen molar-refractivity contribution in [3.05, 3.63) is 34.9 Å². The van der Waals surface area contributed by atoms with Crippen LogP contribution in [0.2, 0.25) is 0 Å². The first-order valence-corrected chi connectivity index (χ1v) is 5.56. The molecular weight excluding hydrogens is 202 g/mol. The molecular formula is C12H17N3O. The summed E-state index contributed by atoms with van der Waals surface area (Å²) in [5, 5.41) is 19.8. The van der Waals surface area contributed by atoms with Gasteiger partial charge >= 0.3 is 0 Å². The van der Waals surface area contributed by atoms with Crippen molar-refractivity contribution in [1.29, 1.82) is 5.41 Å². The molecule has 1 aliphatic rings. The van der Waals surface area contributed by atoms with Crippen molar-refractivity contribution < 1.29 is 5.21 Å². The molecule has 4 heteroatoms. The summed E-state index contributed by atoms with van der Waals surface area (Å²) in [5.41, 5.74) is 5.17. The van der Waals surface area contributed by atoms with E-state index in [1.54, 1.807) is 0 Å². The van der Waals surface area contributed by atoms with Crippen LogP contribution in [0.15, 0.2) is 18.2 Å². The molecule has 0 aliphatic heterocycles. The van der Waals surface area contributed by atoms with Crippen molar-refractivity contribution in [3.8, 4) is 0 Å². The molecule has 0 saturated heterocycles. The number of rotatable bonds is 2. The first-order chi connectivity index (χ1) is 7.77. The third kappa shape index (κ3) is 1.81. The smallest absolute Gasteiger partial charge is 0.149 e. The summed E-state index contributed by atoms with van der Waals surface area (Å²) in [5.74, 6) is 0.0774. The predicted octanol–water partition coefficient (Wildman–Crippen LogP) is 1.59. The molecule has 0 radical (unpaired) electrons. The lowest BCUT2D eigenvalue weighted by atomic mass is 9.84. The van der Waals surface area contributed by atoms with Crippen LogP contribution in [-0.4, -0.2) is 18.1 Å². The zero-order chi connectivity index (χ0) is 11.5. The monoisotopic (exact) mass is 219 g/mol. The Morgan fingerprint density at radius 2 is 2.31 bits per heavy atom. The van der Waals surface area contributed by atoms with Crippen LogP contribution < -0.4 is 10.8 Å². The van der Waals surface area contributed by atoms with Crippen LogP contribution in [0.4, 0.5) is 0 Å². The van der Waals surface area contributed by atoms with Crippen LogP contribution in [0, 0.1) is 5.41 Å². The van der Waals surface area contributed by atoms with Crippen molar-refractivity contribution in [1.82, 2.24) is 10.8 Å². The normalized spacial score (nSPS) is 19.0. The van der Waals surface area contributed by atoms with Gasteiger partial charge in [-0.15, -0.1) is 0 Å². The van der Waals surface area contributed by atoms with Crippen LogP contribution in [-0.2, 0) is 6.42 Å². The van der Waals surface area contributed by atoms with E-state index in [9.17, 15) is 0 Å². The van der Waals surface area contributed by atoms with Crippen molar-refractivity contribution in [2.24, 2.45) is 0 Å². The highest BCUT2D eigenvalue weighted by Gasteiger charge is 2.21. The van der Waals surface area contributed by atoms with E-state index >= 15 is 0 Å². The molecule has 0 saturated carbocycles. The summed E-state index contributed by atoms with van der Waals surface area (Å²) in [6.07, 6.45) is 3.23. The Morgan fingerprint density at radius 1 is 1.50 bits per heavy atom. The second-order valence-corrected chi connectivity index (χ2v) is 4.09. The van der Waals surface area contributed by atoms with E-state index in [-0.39, 0.29) is 5.84 Å². The minimum absolute atomic E-state index is 0.0774. The molecule has 0 unspecified atom stereocenters. The Morgan fingerprint density at radius 3 is 3.00 bits per heavy atom. The van der Waals surface area contributed by atoms with Crippen LogP contribution >= 0.6 is 0 Å². The average molecular weight is 219 g/mol. The zero-order valence-corrected chi connectivity index (χ0v) is 9.38. The number of benzene rings is 1. The van der Waals surface area contributed by atoms with E-state index in [4.69, 9.17) is 10.6 Å². The Bertz CT molecular complexity index is 403. The standard InChI is InChI=1S/C12H17N3O/c1-14-11-7-3-4-8-9(11)5-2-6-10(8)12(13)15-16/h2,5-6,11,14,16H,3-4,7H2,1H3,(H2,13,15)/t11-/m1/s1. The fourth-order valence-electron chi connectivity index (χ4n) is 2.44. The topological polar surface area (TPSA) is 68.1 Å². The summed E-state index contributed by atoms with van der Waals surface area (Å²) in [6, 6.07) is 6.29. The highest BCUT2D eigenvalue weighted by atomic mass is 16.5. The number of amidine groups is 1. The number of hydrogen-bond acceptors (Lipinski definition) is 3. The largest absolute Gasteiger partial charge is 0.313 e. The lowest BCUT2D eigenvalue weighted by molar-refractivity contribution is 0.234. The summed E-state index contributed by atoms with van der Waals surface area (Å²) in [4.78, 5) is 0. The van der Waals surface area contributed by atoms with Crippen molar-refractivity contribution in [2.75, 3.05) is 7.05 Å². The van der Waals surface area contributed by atoms with Gasteiger partial charge < -0.3 is 5.32 Å². The van der Waals surface area contributed by atoms with E-state index in [1.807, 2.05) is 24.7 Å². The molecule has 16 heavy (non-hydrogen) atoms. The number of hydrogen-bond donors (Lipinski definition) is 4. The molecule has 2 rings (SSSR count). The lowest BCUT2D eigenvalue weighted by Gasteiger charge is -2.27. The van der Waals surface area contributed by atoms with Gasteiger partial charge in [0.05, 0.1) is 0 Å². The first-order valence-electron chi connectivity index (χ1n) is 5.56. The quantitative estimate of drug-likeness (QED) is 0.347. The number of fused-ring (bicyclic) bond motifs is 1. The molecule has 0 fully saturated rings. The van der Waals surface area contributed by atoms with Crippen LogP contribution in [0.1, 0.15) is 35.6 Å². The molecule has 1 atom stereocenters. The van der Waals surface area contributed by atoms with Gasteiger partial charge in [0.1, 0.15) is 5.84 Å². The lowest BCUT2D eigenvalue weighted by Crippen LogP contribution is -2.26. The van der Waals surface area contributed by atoms with Gasteiger partial charge in [0.15, 0.2) is 0 Å². The molecule has 0 spiro atoms. The first kappa shape index (κ1) is 11.1. The van der Waals surface area contributed by atoms with Gasteiger partial charge in [-0.3, -0.25) is 16.1 Å². The molecule has 0 bridgehead atoms. The molecule has 1 aromatic carbocycles. The zero-order valence-electron chi connectivity index (χ0n) is 9.38. The highest BCUT2D eigenvalue weighted by molar-refractivity contribution is 5.97. The highest BCUT2D eigenvalue weighted by Crippen LogP contribution is 2.31. The fraction of sp³-hybridized carbons (Fsp3) is 0.417. The van der Waals surface area contributed by atoms with Crippen molar-refractivity contribution in [2.45, 2.75) is 25.3 Å². The molecule has 1 aromatic rings. The fourth-order valence-corrected chi connectivity index (χ4v) is 2.44. The summed E-state index contributed by atoms with van der Waals surface area (Å²) in [7, 11) is 1.96. The maximum Gasteiger partial charge on any atom is 0.149 e. The second-order valence-electron chi connectivity index (χ2n) is 4.09. The molecule has 0 aromatic heterocycles. The van der Waals surface area contributed by atoms with E-state index in [1.165, 1.54) is 11.1 Å². The molecule has 0 amide bonds. The summed E-state index contributed by atoms with van der Waals surface area (Å²) >= 11 is 0. The van der Waals surface area contributed by atoms with Crippen LogP contribution in [0.25, 0.3) is 0 Å². The van der Waals surface area contributed by atoms with Gasteiger partial charge in [0.2, 0.25) is 0 Å². The molecule has 86 valence electrons. The van der Waals surface area contributed by atoms with Gasteiger partial charge in [0, 0.05) is 11.6 Å². The molecule has 4 nitrogen and oxygen atoms in total. The molecule has 4 N–H and O–H groups in total. The van der Waals surface area contributed by atoms with Gasteiger partial charge in [-0.1, -0.05) is 18.2 Å². The SMILES string of the molecule is CN[C@@H]1CCCc2c(C(=N)NO)cccc21. The van der Waals surface area contributed by atoms with Crippen molar-refractivity contribution in [3.63, 3.8) is 0 Å². The predicted molar refractivity (Wildman–Crippen MR) is 62.9 cm³/mol. The Labute approximate surface area is 95.1 Å². The Kier molecular flexibility index (Phi) is 3.22. The van der Waals surface area contributed by atoms with E-state index in [0.717, 1.165) is 24.8 Å². The van der Waals surface area contributed by atoms with Crippen LogP contribution in [0.3, 0.4) is 0 Å². The summed E-state index contributed by atoms with van der Waals surface area (Å²) < 4.78 is 0. The third-order valence-corrected chi connectivity index (χ3v) is 3.24. The van der Waals surface area contributed by atoms with Gasteiger partial charge in [-0.05, 0) is 37.4 Å². The van der Waals surface area contributed by atoms with E-state index in [0.29, 0.717) is 6.04 Å². The number of hydroxylamine groups is 1. The Hall–Kier alpha value is -1.39. The van der Waals surface area contributed by atoms with Gasteiger partial charge in [-0.2, -0.15) is 0 Å². The minimum atomic E-state index is 0.0774. The van der Waals surface area contributed by atoms with E-state index < -0.39 is 0 Å². The van der Waals surface area contributed by atoms with Crippen LogP contribution in [0.5, 0.6) is 0 Å². The number of nitrogens with one attached hydrogen (secondary N) is 3. The van der Waals surface area contributed by atoms with Gasteiger partial charge in [-0.25, -0.2) is 0 Å². The maximum atomic E-state index is 8.82. The average Bonchev–Trinajstić information content (AvgIpc) is 2.36. The second kappa shape index (κ2) is 4.63. The minimum Gasteiger partial charge on any atom is -0.313 e. The summed E-state index contributed by atoms with van der Waals surface area (Å²) in [6.45, 7) is 0. The Balaban J connectivity index is 2.46. The maximum absolute atomic E-state index is 8.82. The van der Waals surface area contributed by atoms with E-state index in [2.05, 4.69) is 11.4 Å². The van der Waals surface area contributed by atoms with Crippen molar-refractivity contribution >= 4 is 5.84 Å². The van der Waals surface area contributed by atoms with Gasteiger partial charge in [0.25, 0.3) is 0 Å². The molecule has 0 heterocycles. The third-order valence-electron chi connectivity index (χ3n) is 3.24.